The Morgan fingerprint density at radius 1 is 1.18 bits per heavy atom. The summed E-state index contributed by atoms with van der Waals surface area (Å²) in [5.74, 6) is -1.22. The molecule has 0 aromatic heterocycles. The molecule has 5 heteroatoms. The van der Waals surface area contributed by atoms with E-state index in [0.29, 0.717) is 23.1 Å². The monoisotopic (exact) mass is 381 g/mol. The van der Waals surface area contributed by atoms with Crippen molar-refractivity contribution in [3.05, 3.63) is 58.5 Å². The van der Waals surface area contributed by atoms with Gasteiger partial charge >= 0.3 is 5.97 Å². The van der Waals surface area contributed by atoms with Crippen molar-refractivity contribution in [3.63, 3.8) is 0 Å². The Morgan fingerprint density at radius 2 is 1.93 bits per heavy atom. The Balaban J connectivity index is 1.92. The molecule has 1 N–H and O–H groups in total. The highest BCUT2D eigenvalue weighted by Crippen LogP contribution is 2.43. The van der Waals surface area contributed by atoms with Crippen LogP contribution < -0.4 is 5.32 Å². The van der Waals surface area contributed by atoms with Gasteiger partial charge in [0.25, 0.3) is 0 Å². The number of rotatable bonds is 8. The topological polar surface area (TPSA) is 72.5 Å². The third kappa shape index (κ3) is 3.53. The number of fused-ring (bicyclic) bond motifs is 2. The highest BCUT2D eigenvalue weighted by atomic mass is 16.6. The molecule has 2 heterocycles. The molecular formula is C23H27NO4. The molecule has 2 aliphatic heterocycles. The fraction of sp³-hybridized carbons (Fsp3) is 0.435. The molecule has 0 radical (unpaired) electrons. The number of carbonyl (C=O) groups is 3. The Kier molecular flexibility index (Phi) is 5.82. The van der Waals surface area contributed by atoms with Crippen LogP contribution in [0.3, 0.4) is 0 Å². The van der Waals surface area contributed by atoms with Crippen LogP contribution in [0.1, 0.15) is 59.3 Å². The average Bonchev–Trinajstić information content (AvgIpc) is 2.92. The van der Waals surface area contributed by atoms with Crippen LogP contribution >= 0.6 is 0 Å². The van der Waals surface area contributed by atoms with E-state index in [4.69, 9.17) is 4.74 Å². The molecule has 0 aromatic carbocycles. The third-order valence-electron chi connectivity index (χ3n) is 5.40. The van der Waals surface area contributed by atoms with Gasteiger partial charge in [-0.05, 0) is 44.1 Å². The van der Waals surface area contributed by atoms with E-state index in [0.717, 1.165) is 37.8 Å². The number of ketones is 2. The molecule has 148 valence electrons. The van der Waals surface area contributed by atoms with Crippen LogP contribution in [0.4, 0.5) is 0 Å². The van der Waals surface area contributed by atoms with Crippen LogP contribution in [0, 0.1) is 0 Å². The Bertz CT molecular complexity index is 869. The van der Waals surface area contributed by atoms with Crippen LogP contribution in [0.2, 0.25) is 0 Å². The first-order valence-corrected chi connectivity index (χ1v) is 10.0. The number of unbranched alkanes of at least 4 members (excludes halogenated alkanes) is 4. The lowest BCUT2D eigenvalue weighted by molar-refractivity contribution is -0.153. The first kappa shape index (κ1) is 20.1. The molecule has 0 fully saturated rings. The Morgan fingerprint density at radius 3 is 2.64 bits per heavy atom. The molecule has 1 unspecified atom stereocenters. The number of nitrogens with one attached hydrogen (secondary N) is 1. The molecule has 1 atom stereocenters. The summed E-state index contributed by atoms with van der Waals surface area (Å²) in [7, 11) is 0. The summed E-state index contributed by atoms with van der Waals surface area (Å²) in [4.78, 5) is 38.3. The lowest BCUT2D eigenvalue weighted by Gasteiger charge is -2.31. The average molecular weight is 381 g/mol. The van der Waals surface area contributed by atoms with Crippen molar-refractivity contribution in [1.29, 1.82) is 0 Å². The van der Waals surface area contributed by atoms with E-state index >= 15 is 0 Å². The molecule has 3 aliphatic rings. The molecule has 0 aromatic rings. The minimum Gasteiger partial charge on any atom is -0.442 e. The largest absolute Gasteiger partial charge is 0.442 e. The SMILES string of the molecule is C/C=C/C1=CC2=CC3=C(C(=O)CCCCCCC)C(=O)OC3(C)C(=O)C2=CN1. The van der Waals surface area contributed by atoms with E-state index in [-0.39, 0.29) is 17.1 Å². The van der Waals surface area contributed by atoms with Gasteiger partial charge in [0.05, 0.1) is 0 Å². The summed E-state index contributed by atoms with van der Waals surface area (Å²) in [5, 5.41) is 3.06. The number of ether oxygens (including phenoxy) is 1. The quantitative estimate of drug-likeness (QED) is 0.391. The number of dihydropyridines is 1. The van der Waals surface area contributed by atoms with Gasteiger partial charge in [-0.25, -0.2) is 4.79 Å². The van der Waals surface area contributed by atoms with Gasteiger partial charge in [-0.1, -0.05) is 38.7 Å². The predicted octanol–water partition coefficient (Wildman–Crippen LogP) is 3.98. The van der Waals surface area contributed by atoms with Crippen LogP contribution in [0.15, 0.2) is 58.5 Å². The normalized spacial score (nSPS) is 23.6. The fourth-order valence-electron chi connectivity index (χ4n) is 3.83. The van der Waals surface area contributed by atoms with Gasteiger partial charge in [0.1, 0.15) is 5.57 Å². The first-order valence-electron chi connectivity index (χ1n) is 10.0. The van der Waals surface area contributed by atoms with Gasteiger partial charge in [-0.15, -0.1) is 0 Å². The zero-order valence-corrected chi connectivity index (χ0v) is 16.8. The minimum absolute atomic E-state index is 0.0393. The second-order valence-electron chi connectivity index (χ2n) is 7.53. The molecular weight excluding hydrogens is 354 g/mol. The third-order valence-corrected chi connectivity index (χ3v) is 5.40. The van der Waals surface area contributed by atoms with Crippen LogP contribution in [0.25, 0.3) is 0 Å². The van der Waals surface area contributed by atoms with Crippen molar-refractivity contribution in [1.82, 2.24) is 5.32 Å². The fourth-order valence-corrected chi connectivity index (χ4v) is 3.83. The lowest BCUT2D eigenvalue weighted by Crippen LogP contribution is -2.42. The Hall–Kier alpha value is -2.69. The lowest BCUT2D eigenvalue weighted by atomic mass is 9.76. The van der Waals surface area contributed by atoms with E-state index in [1.807, 2.05) is 25.2 Å². The molecule has 0 spiro atoms. The van der Waals surface area contributed by atoms with Crippen molar-refractivity contribution in [2.45, 2.75) is 64.9 Å². The van der Waals surface area contributed by atoms with E-state index in [1.165, 1.54) is 0 Å². The predicted molar refractivity (Wildman–Crippen MR) is 107 cm³/mol. The molecule has 3 rings (SSSR count). The second-order valence-corrected chi connectivity index (χ2v) is 7.53. The molecule has 5 nitrogen and oxygen atoms in total. The zero-order chi connectivity index (χ0) is 20.3. The first-order chi connectivity index (χ1) is 13.4. The molecule has 28 heavy (non-hydrogen) atoms. The van der Waals surface area contributed by atoms with Gasteiger partial charge in [0, 0.05) is 29.5 Å². The summed E-state index contributed by atoms with van der Waals surface area (Å²) in [6, 6.07) is 0. The molecule has 0 amide bonds. The van der Waals surface area contributed by atoms with Crippen molar-refractivity contribution in [2.75, 3.05) is 0 Å². The highest BCUT2D eigenvalue weighted by Gasteiger charge is 2.53. The second kappa shape index (κ2) is 8.13. The number of hydrogen-bond donors (Lipinski definition) is 1. The molecule has 0 saturated carbocycles. The van der Waals surface area contributed by atoms with E-state index in [2.05, 4.69) is 12.2 Å². The van der Waals surface area contributed by atoms with Crippen molar-refractivity contribution in [2.24, 2.45) is 0 Å². The standard InChI is InChI=1S/C23H27NO4/c1-4-6-7-8-9-11-19(25)20-18-13-15-12-16(10-5-2)24-14-17(15)21(26)23(18,3)28-22(20)27/h5,10,12-14,24H,4,6-9,11H2,1-3H3/b10-5+. The Labute approximate surface area is 165 Å². The van der Waals surface area contributed by atoms with Crippen molar-refractivity contribution < 1.29 is 19.1 Å². The van der Waals surface area contributed by atoms with E-state index in [9.17, 15) is 14.4 Å². The van der Waals surface area contributed by atoms with Crippen molar-refractivity contribution in [3.8, 4) is 0 Å². The minimum atomic E-state index is -1.42. The van der Waals surface area contributed by atoms with Crippen LogP contribution in [-0.4, -0.2) is 23.1 Å². The van der Waals surface area contributed by atoms with Crippen LogP contribution in [0.5, 0.6) is 0 Å². The number of carbonyl (C=O) groups excluding carboxylic acids is 3. The van der Waals surface area contributed by atoms with Crippen molar-refractivity contribution >= 4 is 17.5 Å². The zero-order valence-electron chi connectivity index (χ0n) is 16.8. The van der Waals surface area contributed by atoms with E-state index < -0.39 is 11.6 Å². The van der Waals surface area contributed by atoms with Gasteiger partial charge < -0.3 is 10.1 Å². The van der Waals surface area contributed by atoms with Gasteiger partial charge in [0.15, 0.2) is 11.4 Å². The number of esters is 1. The summed E-state index contributed by atoms with van der Waals surface area (Å²) < 4.78 is 5.44. The number of allylic oxidation sites excluding steroid dienone is 4. The molecule has 0 saturated heterocycles. The molecule has 0 bridgehead atoms. The summed E-state index contributed by atoms with van der Waals surface area (Å²) in [6.07, 6.45) is 14.4. The number of Topliss-reactive ketones (excluding diaryl/α,β-unsaturated/α-hetero) is 2. The van der Waals surface area contributed by atoms with Gasteiger partial charge in [0.2, 0.25) is 5.78 Å². The maximum atomic E-state index is 13.1. The smallest absolute Gasteiger partial charge is 0.343 e. The van der Waals surface area contributed by atoms with Crippen LogP contribution in [-0.2, 0) is 19.1 Å². The maximum Gasteiger partial charge on any atom is 0.343 e. The van der Waals surface area contributed by atoms with E-state index in [1.54, 1.807) is 19.2 Å². The summed E-state index contributed by atoms with van der Waals surface area (Å²) in [5.41, 5.74) is 0.997. The summed E-state index contributed by atoms with van der Waals surface area (Å²) in [6.45, 7) is 5.62. The molecule has 1 aliphatic carbocycles. The number of hydrogen-bond acceptors (Lipinski definition) is 5. The summed E-state index contributed by atoms with van der Waals surface area (Å²) >= 11 is 0. The van der Waals surface area contributed by atoms with Gasteiger partial charge in [-0.3, -0.25) is 9.59 Å². The maximum absolute atomic E-state index is 13.1. The highest BCUT2D eigenvalue weighted by molar-refractivity contribution is 6.24. The van der Waals surface area contributed by atoms with Gasteiger partial charge in [-0.2, -0.15) is 0 Å².